The molecule has 0 aliphatic rings. The fraction of sp³-hybridized carbons (Fsp3) is 0.833. The molecule has 13 heavy (non-hydrogen) atoms. The van der Waals surface area contributed by atoms with Crippen LogP contribution in [-0.2, 0) is 19.7 Å². The monoisotopic (exact) mass is 211 g/mol. The molecular weight excluding hydrogens is 198 g/mol. The molecule has 0 aromatic rings. The minimum Gasteiger partial charge on any atom is -0.480 e. The number of rotatable bonds is 4. The van der Waals surface area contributed by atoms with E-state index in [2.05, 4.69) is 0 Å². The average molecular weight is 211 g/mol. The Morgan fingerprint density at radius 3 is 2.23 bits per heavy atom. The van der Waals surface area contributed by atoms with E-state index in [9.17, 15) is 13.2 Å². The van der Waals surface area contributed by atoms with Gasteiger partial charge in [-0.2, -0.15) is 0 Å². The molecule has 0 aliphatic heterocycles. The SMILES string of the molecule is CC(C)(C)ONS(=O)(=O)CC(=O)O. The van der Waals surface area contributed by atoms with Gasteiger partial charge >= 0.3 is 5.97 Å². The van der Waals surface area contributed by atoms with E-state index in [0.29, 0.717) is 0 Å². The molecule has 0 radical (unpaired) electrons. The van der Waals surface area contributed by atoms with Gasteiger partial charge in [0.1, 0.15) is 0 Å². The van der Waals surface area contributed by atoms with Crippen LogP contribution in [0.1, 0.15) is 20.8 Å². The number of hydrogen-bond donors (Lipinski definition) is 2. The molecule has 78 valence electrons. The van der Waals surface area contributed by atoms with Crippen molar-refractivity contribution >= 4 is 16.0 Å². The Kier molecular flexibility index (Phi) is 3.83. The standard InChI is InChI=1S/C6H13NO5S/c1-6(2,3)12-7-13(10,11)4-5(8)9/h7H,4H2,1-3H3,(H,8,9). The number of carboxylic acid groups (broad SMARTS) is 1. The number of sulfonamides is 1. The van der Waals surface area contributed by atoms with Crippen LogP contribution in [-0.4, -0.2) is 30.8 Å². The summed E-state index contributed by atoms with van der Waals surface area (Å²) in [6.45, 7) is 4.91. The molecule has 0 saturated carbocycles. The summed E-state index contributed by atoms with van der Waals surface area (Å²) < 4.78 is 21.7. The van der Waals surface area contributed by atoms with Gasteiger partial charge in [-0.25, -0.2) is 8.42 Å². The molecule has 0 atom stereocenters. The summed E-state index contributed by atoms with van der Waals surface area (Å²) in [5.41, 5.74) is -0.689. The van der Waals surface area contributed by atoms with Crippen molar-refractivity contribution in [2.45, 2.75) is 26.4 Å². The Bertz CT molecular complexity index is 276. The first-order chi connectivity index (χ1) is 5.62. The molecule has 0 saturated heterocycles. The van der Waals surface area contributed by atoms with Crippen molar-refractivity contribution < 1.29 is 23.2 Å². The molecule has 2 N–H and O–H groups in total. The number of carbonyl (C=O) groups is 1. The van der Waals surface area contributed by atoms with Gasteiger partial charge in [-0.05, 0) is 20.8 Å². The van der Waals surface area contributed by atoms with Gasteiger partial charge in [-0.3, -0.25) is 9.63 Å². The zero-order valence-corrected chi connectivity index (χ0v) is 8.51. The number of aliphatic carboxylic acids is 1. The zero-order chi connectivity index (χ0) is 10.7. The molecule has 0 amide bonds. The highest BCUT2D eigenvalue weighted by Gasteiger charge is 2.19. The third-order valence-corrected chi connectivity index (χ3v) is 1.75. The molecule has 0 rings (SSSR count). The lowest BCUT2D eigenvalue weighted by Gasteiger charge is -2.18. The van der Waals surface area contributed by atoms with E-state index in [1.54, 1.807) is 25.7 Å². The van der Waals surface area contributed by atoms with E-state index in [0.717, 1.165) is 0 Å². The third-order valence-electron chi connectivity index (χ3n) is 0.788. The van der Waals surface area contributed by atoms with Gasteiger partial charge in [0, 0.05) is 0 Å². The van der Waals surface area contributed by atoms with Gasteiger partial charge in [0.25, 0.3) is 0 Å². The van der Waals surface area contributed by atoms with Crippen LogP contribution in [0.2, 0.25) is 0 Å². The quantitative estimate of drug-likeness (QED) is 0.624. The summed E-state index contributed by atoms with van der Waals surface area (Å²) in [5, 5.41) is 8.20. The van der Waals surface area contributed by atoms with Crippen LogP contribution in [0.4, 0.5) is 0 Å². The lowest BCUT2D eigenvalue weighted by molar-refractivity contribution is -0.134. The molecule has 0 unspecified atom stereocenters. The first-order valence-corrected chi connectivity index (χ1v) is 5.17. The van der Waals surface area contributed by atoms with E-state index < -0.39 is 27.3 Å². The fourth-order valence-electron chi connectivity index (χ4n) is 0.381. The minimum absolute atomic E-state index is 0.689. The second kappa shape index (κ2) is 4.03. The Morgan fingerprint density at radius 2 is 1.92 bits per heavy atom. The average Bonchev–Trinajstić information content (AvgIpc) is 1.79. The maximum Gasteiger partial charge on any atom is 0.320 e. The van der Waals surface area contributed by atoms with Crippen LogP contribution in [0.25, 0.3) is 0 Å². The topological polar surface area (TPSA) is 92.7 Å². The number of carboxylic acids is 1. The van der Waals surface area contributed by atoms with Gasteiger partial charge < -0.3 is 5.11 Å². The van der Waals surface area contributed by atoms with Crippen molar-refractivity contribution in [2.24, 2.45) is 0 Å². The van der Waals surface area contributed by atoms with Gasteiger partial charge in [0.15, 0.2) is 5.75 Å². The second-order valence-corrected chi connectivity index (χ2v) is 5.14. The van der Waals surface area contributed by atoms with Gasteiger partial charge in [0.05, 0.1) is 5.60 Å². The van der Waals surface area contributed by atoms with Gasteiger partial charge in [0.2, 0.25) is 10.0 Å². The summed E-state index contributed by atoms with van der Waals surface area (Å²) in [5.74, 6) is -2.42. The molecule has 0 aromatic carbocycles. The maximum absolute atomic E-state index is 10.9. The van der Waals surface area contributed by atoms with E-state index in [-0.39, 0.29) is 0 Å². The van der Waals surface area contributed by atoms with Crippen LogP contribution >= 0.6 is 0 Å². The van der Waals surface area contributed by atoms with Crippen molar-refractivity contribution in [3.8, 4) is 0 Å². The van der Waals surface area contributed by atoms with Crippen LogP contribution in [0.5, 0.6) is 0 Å². The molecule has 7 heteroatoms. The van der Waals surface area contributed by atoms with Crippen LogP contribution in [0.15, 0.2) is 0 Å². The lowest BCUT2D eigenvalue weighted by Crippen LogP contribution is -2.36. The predicted octanol–water partition coefficient (Wildman–Crippen LogP) is -0.280. The molecule has 0 spiro atoms. The molecule has 0 fully saturated rings. The first kappa shape index (κ1) is 12.3. The van der Waals surface area contributed by atoms with Gasteiger partial charge in [-0.15, -0.1) is 0 Å². The van der Waals surface area contributed by atoms with E-state index in [4.69, 9.17) is 9.94 Å². The van der Waals surface area contributed by atoms with Gasteiger partial charge in [-0.1, -0.05) is 4.89 Å². The summed E-state index contributed by atoms with van der Waals surface area (Å²) in [7, 11) is -3.89. The summed E-state index contributed by atoms with van der Waals surface area (Å²) in [6, 6.07) is 0. The van der Waals surface area contributed by atoms with Crippen molar-refractivity contribution in [3.05, 3.63) is 0 Å². The molecular formula is C6H13NO5S. The highest BCUT2D eigenvalue weighted by Crippen LogP contribution is 2.04. The fourth-order valence-corrected chi connectivity index (χ4v) is 1.14. The molecule has 0 aromatic heterocycles. The normalized spacial score (nSPS) is 12.8. The first-order valence-electron chi connectivity index (χ1n) is 3.52. The van der Waals surface area contributed by atoms with Crippen molar-refractivity contribution in [1.29, 1.82) is 0 Å². The van der Waals surface area contributed by atoms with Crippen LogP contribution in [0, 0.1) is 0 Å². The van der Waals surface area contributed by atoms with Crippen LogP contribution < -0.4 is 4.89 Å². The van der Waals surface area contributed by atoms with E-state index in [1.165, 1.54) is 0 Å². The molecule has 6 nitrogen and oxygen atoms in total. The Morgan fingerprint density at radius 1 is 1.46 bits per heavy atom. The lowest BCUT2D eigenvalue weighted by atomic mass is 10.2. The largest absolute Gasteiger partial charge is 0.480 e. The highest BCUT2D eigenvalue weighted by molar-refractivity contribution is 7.90. The second-order valence-electron chi connectivity index (χ2n) is 3.45. The van der Waals surface area contributed by atoms with E-state index >= 15 is 0 Å². The summed E-state index contributed by atoms with van der Waals surface area (Å²) in [6.07, 6.45) is 0. The molecule has 0 heterocycles. The van der Waals surface area contributed by atoms with Crippen molar-refractivity contribution in [1.82, 2.24) is 4.89 Å². The Labute approximate surface area is 76.9 Å². The maximum atomic E-state index is 10.9. The third kappa shape index (κ3) is 7.69. The highest BCUT2D eigenvalue weighted by atomic mass is 32.2. The summed E-state index contributed by atoms with van der Waals surface area (Å²) >= 11 is 0. The summed E-state index contributed by atoms with van der Waals surface area (Å²) in [4.78, 5) is 16.5. The number of nitrogens with one attached hydrogen (secondary N) is 1. The zero-order valence-electron chi connectivity index (χ0n) is 7.70. The smallest absolute Gasteiger partial charge is 0.320 e. The van der Waals surface area contributed by atoms with Crippen LogP contribution in [0.3, 0.4) is 0 Å². The predicted molar refractivity (Wildman–Crippen MR) is 45.4 cm³/mol. The van der Waals surface area contributed by atoms with Crippen molar-refractivity contribution in [2.75, 3.05) is 5.75 Å². The molecule has 0 bridgehead atoms. The number of hydrogen-bond acceptors (Lipinski definition) is 4. The molecule has 0 aliphatic carbocycles. The van der Waals surface area contributed by atoms with E-state index in [1.807, 2.05) is 0 Å². The van der Waals surface area contributed by atoms with Crippen molar-refractivity contribution in [3.63, 3.8) is 0 Å². The Balaban J connectivity index is 4.13. The minimum atomic E-state index is -3.89. The Hall–Kier alpha value is -0.660.